The first-order valence-electron chi connectivity index (χ1n) is 9.55. The van der Waals surface area contributed by atoms with Crippen LogP contribution in [-0.4, -0.2) is 31.4 Å². The van der Waals surface area contributed by atoms with Crippen LogP contribution < -0.4 is 5.32 Å². The zero-order valence-electron chi connectivity index (χ0n) is 15.6. The summed E-state index contributed by atoms with van der Waals surface area (Å²) in [6.45, 7) is 6.24. The van der Waals surface area contributed by atoms with Crippen molar-refractivity contribution < 1.29 is 14.3 Å². The maximum atomic E-state index is 12.3. The number of carbonyl (C=O) groups excluding carboxylic acids is 2. The third kappa shape index (κ3) is 6.99. The summed E-state index contributed by atoms with van der Waals surface area (Å²) in [5, 5.41) is 2.86. The van der Waals surface area contributed by atoms with E-state index in [9.17, 15) is 9.59 Å². The Morgan fingerprint density at radius 3 is 2.64 bits per heavy atom. The van der Waals surface area contributed by atoms with Gasteiger partial charge in [0.2, 0.25) is 5.91 Å². The van der Waals surface area contributed by atoms with Gasteiger partial charge in [-0.25, -0.2) is 0 Å². The van der Waals surface area contributed by atoms with E-state index in [4.69, 9.17) is 4.74 Å². The van der Waals surface area contributed by atoms with Gasteiger partial charge >= 0.3 is 0 Å². The van der Waals surface area contributed by atoms with E-state index in [2.05, 4.69) is 25.2 Å². The van der Waals surface area contributed by atoms with E-state index in [1.807, 2.05) is 12.1 Å². The van der Waals surface area contributed by atoms with Gasteiger partial charge in [0.1, 0.15) is 0 Å². The first kappa shape index (κ1) is 19.6. The van der Waals surface area contributed by atoms with Gasteiger partial charge in [-0.05, 0) is 55.2 Å². The second-order valence-corrected chi connectivity index (χ2v) is 7.29. The molecule has 0 unspecified atom stereocenters. The number of aryl methyl sites for hydroxylation is 2. The van der Waals surface area contributed by atoms with Gasteiger partial charge < -0.3 is 10.1 Å². The van der Waals surface area contributed by atoms with Crippen LogP contribution in [0.4, 0.5) is 0 Å². The SMILES string of the molecule is CC(C)COCCCNC(=O)CCC(=O)c1ccc2c(c1)CCCC2. The molecule has 4 heteroatoms. The molecule has 4 nitrogen and oxygen atoms in total. The van der Waals surface area contributed by atoms with Crippen LogP contribution in [0.5, 0.6) is 0 Å². The number of amides is 1. The molecule has 0 spiro atoms. The molecule has 1 aromatic rings. The van der Waals surface area contributed by atoms with Crippen LogP contribution in [-0.2, 0) is 22.4 Å². The maximum Gasteiger partial charge on any atom is 0.220 e. The van der Waals surface area contributed by atoms with E-state index in [0.717, 1.165) is 31.4 Å². The van der Waals surface area contributed by atoms with Gasteiger partial charge in [0.15, 0.2) is 5.78 Å². The van der Waals surface area contributed by atoms with E-state index >= 15 is 0 Å². The summed E-state index contributed by atoms with van der Waals surface area (Å²) in [5.74, 6) is 0.531. The van der Waals surface area contributed by atoms with E-state index in [1.54, 1.807) is 0 Å². The molecule has 1 aromatic carbocycles. The Morgan fingerprint density at radius 1 is 1.12 bits per heavy atom. The van der Waals surface area contributed by atoms with Gasteiger partial charge in [-0.3, -0.25) is 9.59 Å². The van der Waals surface area contributed by atoms with Crippen molar-refractivity contribution in [2.24, 2.45) is 5.92 Å². The number of fused-ring (bicyclic) bond motifs is 1. The van der Waals surface area contributed by atoms with Gasteiger partial charge in [0.25, 0.3) is 0 Å². The first-order chi connectivity index (χ1) is 12.1. The van der Waals surface area contributed by atoms with E-state index in [0.29, 0.717) is 19.1 Å². The molecule has 0 radical (unpaired) electrons. The van der Waals surface area contributed by atoms with Gasteiger partial charge in [-0.15, -0.1) is 0 Å². The van der Waals surface area contributed by atoms with Gasteiger partial charge in [-0.1, -0.05) is 26.0 Å². The molecule has 0 saturated carbocycles. The lowest BCUT2D eigenvalue weighted by Gasteiger charge is -2.16. The molecule has 1 N–H and O–H groups in total. The molecule has 0 aromatic heterocycles. The molecule has 0 fully saturated rings. The monoisotopic (exact) mass is 345 g/mol. The summed E-state index contributed by atoms with van der Waals surface area (Å²) in [6, 6.07) is 6.02. The zero-order valence-corrected chi connectivity index (χ0v) is 15.6. The van der Waals surface area contributed by atoms with Crippen molar-refractivity contribution in [3.63, 3.8) is 0 Å². The predicted molar refractivity (Wildman–Crippen MR) is 99.9 cm³/mol. The Labute approximate surface area is 151 Å². The molecule has 25 heavy (non-hydrogen) atoms. The van der Waals surface area contributed by atoms with Crippen LogP contribution in [0.2, 0.25) is 0 Å². The molecular weight excluding hydrogens is 314 g/mol. The molecule has 0 saturated heterocycles. The fourth-order valence-corrected chi connectivity index (χ4v) is 3.09. The molecule has 0 aliphatic heterocycles. The normalized spacial score (nSPS) is 13.6. The Morgan fingerprint density at radius 2 is 1.88 bits per heavy atom. The zero-order chi connectivity index (χ0) is 18.1. The number of hydrogen-bond donors (Lipinski definition) is 1. The molecule has 1 aliphatic carbocycles. The van der Waals surface area contributed by atoms with Crippen LogP contribution in [0.25, 0.3) is 0 Å². The average molecular weight is 345 g/mol. The highest BCUT2D eigenvalue weighted by molar-refractivity contribution is 5.98. The van der Waals surface area contributed by atoms with E-state index in [-0.39, 0.29) is 24.5 Å². The molecular formula is C21H31NO3. The minimum absolute atomic E-state index is 0.0591. The van der Waals surface area contributed by atoms with E-state index in [1.165, 1.54) is 24.0 Å². The number of carbonyl (C=O) groups is 2. The average Bonchev–Trinajstić information content (AvgIpc) is 2.61. The van der Waals surface area contributed by atoms with Gasteiger partial charge in [0.05, 0.1) is 0 Å². The van der Waals surface area contributed by atoms with Crippen LogP contribution in [0.1, 0.15) is 67.4 Å². The lowest BCUT2D eigenvalue weighted by Crippen LogP contribution is -2.25. The topological polar surface area (TPSA) is 55.4 Å². The first-order valence-corrected chi connectivity index (χ1v) is 9.55. The molecule has 0 atom stereocenters. The minimum Gasteiger partial charge on any atom is -0.381 e. The van der Waals surface area contributed by atoms with Crippen molar-refractivity contribution in [3.8, 4) is 0 Å². The van der Waals surface area contributed by atoms with E-state index < -0.39 is 0 Å². The second-order valence-electron chi connectivity index (χ2n) is 7.29. The van der Waals surface area contributed by atoms with Crippen LogP contribution in [0.15, 0.2) is 18.2 Å². The van der Waals surface area contributed by atoms with Crippen LogP contribution in [0.3, 0.4) is 0 Å². The molecule has 2 rings (SSSR count). The lowest BCUT2D eigenvalue weighted by molar-refractivity contribution is -0.121. The fourth-order valence-electron chi connectivity index (χ4n) is 3.09. The van der Waals surface area contributed by atoms with Crippen molar-refractivity contribution in [2.45, 2.75) is 58.8 Å². The Bertz CT molecular complexity index is 581. The smallest absolute Gasteiger partial charge is 0.220 e. The highest BCUT2D eigenvalue weighted by atomic mass is 16.5. The standard InChI is InChI=1S/C21H31NO3/c1-16(2)15-25-13-5-12-22-21(24)11-10-20(23)19-9-8-17-6-3-4-7-18(17)14-19/h8-9,14,16H,3-7,10-13,15H2,1-2H3,(H,22,24). The second kappa shape index (κ2) is 10.3. The summed E-state index contributed by atoms with van der Waals surface area (Å²) >= 11 is 0. The third-order valence-corrected chi connectivity index (χ3v) is 4.49. The Kier molecular flexibility index (Phi) is 8.13. The van der Waals surface area contributed by atoms with Crippen molar-refractivity contribution in [1.82, 2.24) is 5.32 Å². The number of Topliss-reactive ketones (excluding diaryl/α,β-unsaturated/α-hetero) is 1. The minimum atomic E-state index is -0.0600. The van der Waals surface area contributed by atoms with Crippen molar-refractivity contribution in [2.75, 3.05) is 19.8 Å². The molecule has 138 valence electrons. The summed E-state index contributed by atoms with van der Waals surface area (Å²) in [5.41, 5.74) is 3.43. The number of benzene rings is 1. The highest BCUT2D eigenvalue weighted by Crippen LogP contribution is 2.22. The lowest BCUT2D eigenvalue weighted by atomic mass is 9.89. The number of ketones is 1. The maximum absolute atomic E-state index is 12.3. The predicted octanol–water partition coefficient (Wildman–Crippen LogP) is 3.71. The molecule has 1 amide bonds. The van der Waals surface area contributed by atoms with Crippen molar-refractivity contribution in [3.05, 3.63) is 34.9 Å². The molecule has 0 heterocycles. The van der Waals surface area contributed by atoms with Crippen molar-refractivity contribution in [1.29, 1.82) is 0 Å². The van der Waals surface area contributed by atoms with Gasteiger partial charge in [-0.2, -0.15) is 0 Å². The van der Waals surface area contributed by atoms with Crippen LogP contribution in [0, 0.1) is 5.92 Å². The Balaban J connectivity index is 1.65. The third-order valence-electron chi connectivity index (χ3n) is 4.49. The summed E-state index contributed by atoms with van der Waals surface area (Å²) in [6.07, 6.45) is 5.95. The highest BCUT2D eigenvalue weighted by Gasteiger charge is 2.14. The number of nitrogens with one attached hydrogen (secondary N) is 1. The quantitative estimate of drug-likeness (QED) is 0.519. The Hall–Kier alpha value is -1.68. The van der Waals surface area contributed by atoms with Crippen molar-refractivity contribution >= 4 is 11.7 Å². The summed E-state index contributed by atoms with van der Waals surface area (Å²) < 4.78 is 5.47. The number of ether oxygens (including phenoxy) is 1. The van der Waals surface area contributed by atoms with Crippen LogP contribution >= 0.6 is 0 Å². The molecule has 0 bridgehead atoms. The summed E-state index contributed by atoms with van der Waals surface area (Å²) in [7, 11) is 0. The fraction of sp³-hybridized carbons (Fsp3) is 0.619. The number of hydrogen-bond acceptors (Lipinski definition) is 3. The van der Waals surface area contributed by atoms with Gasteiger partial charge in [0, 0.05) is 38.2 Å². The number of rotatable bonds is 10. The molecule has 1 aliphatic rings. The largest absolute Gasteiger partial charge is 0.381 e. The summed E-state index contributed by atoms with van der Waals surface area (Å²) in [4.78, 5) is 24.2.